The third-order valence-electron chi connectivity index (χ3n) is 8.76. The summed E-state index contributed by atoms with van der Waals surface area (Å²) in [7, 11) is 8.69. The molecule has 1 aliphatic carbocycles. The molecule has 0 heterocycles. The average Bonchev–Trinajstić information content (AvgIpc) is 2.97. The van der Waals surface area contributed by atoms with Crippen LogP contribution in [0.3, 0.4) is 0 Å². The number of carbonyl (C=O) groups is 1. The van der Waals surface area contributed by atoms with Crippen molar-refractivity contribution in [3.63, 3.8) is 0 Å². The van der Waals surface area contributed by atoms with Crippen LogP contribution in [-0.4, -0.2) is 77.8 Å². The quantitative estimate of drug-likeness (QED) is 0.248. The van der Waals surface area contributed by atoms with Crippen molar-refractivity contribution in [3.8, 4) is 23.0 Å². The van der Waals surface area contributed by atoms with Crippen LogP contribution in [0.5, 0.6) is 23.0 Å². The van der Waals surface area contributed by atoms with Crippen LogP contribution in [0, 0.1) is 17.3 Å². The molecule has 0 spiro atoms. The van der Waals surface area contributed by atoms with Crippen LogP contribution < -0.4 is 18.9 Å². The van der Waals surface area contributed by atoms with Gasteiger partial charge in [0.15, 0.2) is 23.0 Å². The Morgan fingerprint density at radius 3 is 2.24 bits per heavy atom. The van der Waals surface area contributed by atoms with Crippen molar-refractivity contribution in [1.82, 2.24) is 4.90 Å². The second kappa shape index (κ2) is 15.3. The van der Waals surface area contributed by atoms with Gasteiger partial charge in [0.05, 0.1) is 33.4 Å². The van der Waals surface area contributed by atoms with Gasteiger partial charge < -0.3 is 33.7 Å². The van der Waals surface area contributed by atoms with Crippen LogP contribution in [0.4, 0.5) is 0 Å². The van der Waals surface area contributed by atoms with Crippen LogP contribution >= 0.6 is 0 Å². The number of methoxy groups -OCH3 is 4. The molecule has 1 unspecified atom stereocenters. The number of benzene rings is 2. The minimum atomic E-state index is -0.817. The van der Waals surface area contributed by atoms with Gasteiger partial charge in [0.25, 0.3) is 0 Å². The molecule has 0 radical (unpaired) electrons. The van der Waals surface area contributed by atoms with E-state index in [1.165, 1.54) is 11.1 Å². The minimum absolute atomic E-state index is 0.000465. The second-order valence-electron chi connectivity index (χ2n) is 11.4. The highest BCUT2D eigenvalue weighted by Gasteiger charge is 2.48. The average molecular weight is 572 g/mol. The van der Waals surface area contributed by atoms with Gasteiger partial charge in [0.1, 0.15) is 0 Å². The molecule has 2 aromatic rings. The number of hydrogen-bond donors (Lipinski definition) is 1. The highest BCUT2D eigenvalue weighted by molar-refractivity contribution is 5.75. The van der Waals surface area contributed by atoms with Crippen LogP contribution in [0.2, 0.25) is 0 Å². The van der Waals surface area contributed by atoms with E-state index in [0.29, 0.717) is 37.7 Å². The number of aliphatic carboxylic acids is 1. The maximum atomic E-state index is 13.0. The summed E-state index contributed by atoms with van der Waals surface area (Å²) in [5.74, 6) is 2.21. The van der Waals surface area contributed by atoms with Crippen molar-refractivity contribution in [1.29, 1.82) is 0 Å². The lowest BCUT2D eigenvalue weighted by Crippen LogP contribution is -2.47. The number of aryl methyl sites for hydroxylation is 1. The van der Waals surface area contributed by atoms with Gasteiger partial charge in [-0.15, -0.1) is 0 Å². The summed E-state index contributed by atoms with van der Waals surface area (Å²) in [6.07, 6.45) is 4.64. The molecule has 0 saturated carbocycles. The standard InChI is InChI=1S/C33H49NO7/c1-23(2)33(32(35)36,27-11-10-25-21-29(39-6)30(40-7)22-26(25)20-27)14-16-34(3)15-13-24-9-12-28(38-5)31(19-24)41-18-8-17-37-4/h9,12,19,21-23,27H,8,10-11,13-18,20H2,1-7H3,(H,35,36)/t27-,33?/m1/s1. The SMILES string of the molecule is COCCCOc1cc(CCN(C)CCC(C(=O)O)(C(C)C)[C@@H]2CCc3cc(OC)c(OC)cc3C2)ccc1OC. The molecule has 0 fully saturated rings. The summed E-state index contributed by atoms with van der Waals surface area (Å²) in [6.45, 7) is 6.85. The molecule has 0 saturated heterocycles. The molecule has 0 aromatic heterocycles. The molecular weight excluding hydrogens is 522 g/mol. The molecule has 41 heavy (non-hydrogen) atoms. The first-order valence-corrected chi connectivity index (χ1v) is 14.6. The topological polar surface area (TPSA) is 86.7 Å². The van der Waals surface area contributed by atoms with E-state index in [4.69, 9.17) is 23.7 Å². The molecule has 228 valence electrons. The Balaban J connectivity index is 1.68. The maximum absolute atomic E-state index is 13.0. The van der Waals surface area contributed by atoms with Gasteiger partial charge in [-0.1, -0.05) is 19.9 Å². The Morgan fingerprint density at radius 2 is 1.63 bits per heavy atom. The predicted molar refractivity (Wildman–Crippen MR) is 161 cm³/mol. The summed E-state index contributed by atoms with van der Waals surface area (Å²) in [5.41, 5.74) is 2.72. The minimum Gasteiger partial charge on any atom is -0.493 e. The van der Waals surface area contributed by atoms with Crippen LogP contribution in [0.25, 0.3) is 0 Å². The van der Waals surface area contributed by atoms with Gasteiger partial charge in [-0.2, -0.15) is 0 Å². The monoisotopic (exact) mass is 571 g/mol. The summed E-state index contributed by atoms with van der Waals surface area (Å²) >= 11 is 0. The first kappa shape index (κ1) is 32.5. The number of carboxylic acid groups (broad SMARTS) is 1. The van der Waals surface area contributed by atoms with Crippen molar-refractivity contribution >= 4 is 5.97 Å². The number of nitrogens with zero attached hydrogens (tertiary/aromatic N) is 1. The van der Waals surface area contributed by atoms with Gasteiger partial charge in [-0.25, -0.2) is 0 Å². The second-order valence-corrected chi connectivity index (χ2v) is 11.4. The fourth-order valence-corrected chi connectivity index (χ4v) is 6.20. The lowest BCUT2D eigenvalue weighted by Gasteiger charge is -2.43. The van der Waals surface area contributed by atoms with Crippen molar-refractivity contribution in [2.75, 3.05) is 61.8 Å². The van der Waals surface area contributed by atoms with Gasteiger partial charge >= 0.3 is 5.97 Å². The van der Waals surface area contributed by atoms with E-state index >= 15 is 0 Å². The third kappa shape index (κ3) is 7.86. The molecule has 1 aliphatic rings. The lowest BCUT2D eigenvalue weighted by molar-refractivity contribution is -0.158. The van der Waals surface area contributed by atoms with Crippen molar-refractivity contribution < 1.29 is 33.6 Å². The number of fused-ring (bicyclic) bond motifs is 1. The number of hydrogen-bond acceptors (Lipinski definition) is 7. The van der Waals surface area contributed by atoms with Crippen molar-refractivity contribution in [2.45, 2.75) is 52.4 Å². The maximum Gasteiger partial charge on any atom is 0.310 e. The third-order valence-corrected chi connectivity index (χ3v) is 8.76. The Labute approximate surface area is 245 Å². The van der Waals surface area contributed by atoms with E-state index in [1.54, 1.807) is 28.4 Å². The molecular formula is C33H49NO7. The zero-order chi connectivity index (χ0) is 30.0. The van der Waals surface area contributed by atoms with E-state index in [9.17, 15) is 9.90 Å². The van der Waals surface area contributed by atoms with Crippen molar-refractivity contribution in [3.05, 3.63) is 47.0 Å². The fraction of sp³-hybridized carbons (Fsp3) is 0.606. The largest absolute Gasteiger partial charge is 0.493 e. The van der Waals surface area contributed by atoms with E-state index in [-0.39, 0.29) is 11.8 Å². The molecule has 8 nitrogen and oxygen atoms in total. The first-order valence-electron chi connectivity index (χ1n) is 14.6. The van der Waals surface area contributed by atoms with Crippen molar-refractivity contribution in [2.24, 2.45) is 17.3 Å². The fourth-order valence-electron chi connectivity index (χ4n) is 6.20. The molecule has 3 rings (SSSR count). The number of ether oxygens (including phenoxy) is 5. The smallest absolute Gasteiger partial charge is 0.310 e. The number of rotatable bonds is 17. The molecule has 2 atom stereocenters. The number of carboxylic acids is 1. The van der Waals surface area contributed by atoms with E-state index in [2.05, 4.69) is 31.9 Å². The molecule has 0 amide bonds. The summed E-state index contributed by atoms with van der Waals surface area (Å²) < 4.78 is 27.6. The molecule has 1 N–H and O–H groups in total. The summed E-state index contributed by atoms with van der Waals surface area (Å²) in [6, 6.07) is 10.1. The normalized spacial score (nSPS) is 16.3. The van der Waals surface area contributed by atoms with Gasteiger partial charge in [-0.3, -0.25) is 4.79 Å². The Bertz CT molecular complexity index is 1130. The first-order chi connectivity index (χ1) is 19.7. The zero-order valence-corrected chi connectivity index (χ0v) is 26.0. The Kier molecular flexibility index (Phi) is 12.2. The van der Waals surface area contributed by atoms with Gasteiger partial charge in [-0.05, 0) is 98.5 Å². The van der Waals surface area contributed by atoms with Crippen LogP contribution in [-0.2, 0) is 28.8 Å². The zero-order valence-electron chi connectivity index (χ0n) is 26.0. The lowest BCUT2D eigenvalue weighted by atomic mass is 9.60. The molecule has 8 heteroatoms. The van der Waals surface area contributed by atoms with Crippen LogP contribution in [0.1, 0.15) is 49.8 Å². The highest BCUT2D eigenvalue weighted by Crippen LogP contribution is 2.47. The van der Waals surface area contributed by atoms with Gasteiger partial charge in [0.2, 0.25) is 0 Å². The Morgan fingerprint density at radius 1 is 0.951 bits per heavy atom. The Hall–Kier alpha value is -2.97. The number of likely N-dealkylation sites (N-methyl/N-ethyl adjacent to an activating group) is 1. The van der Waals surface area contributed by atoms with Gasteiger partial charge in [0, 0.05) is 26.7 Å². The summed E-state index contributed by atoms with van der Waals surface area (Å²) in [5, 5.41) is 10.7. The van der Waals surface area contributed by atoms with E-state index < -0.39 is 11.4 Å². The van der Waals surface area contributed by atoms with E-state index in [1.807, 2.05) is 24.3 Å². The highest BCUT2D eigenvalue weighted by atomic mass is 16.5. The predicted octanol–water partition coefficient (Wildman–Crippen LogP) is 5.52. The van der Waals surface area contributed by atoms with E-state index in [0.717, 1.165) is 55.7 Å². The molecule has 0 aliphatic heterocycles. The summed E-state index contributed by atoms with van der Waals surface area (Å²) in [4.78, 5) is 15.3. The van der Waals surface area contributed by atoms with Crippen LogP contribution in [0.15, 0.2) is 30.3 Å². The molecule has 2 aromatic carbocycles. The molecule has 0 bridgehead atoms.